The second-order valence-electron chi connectivity index (χ2n) is 6.14. The van der Waals surface area contributed by atoms with Gasteiger partial charge in [0.15, 0.2) is 5.96 Å². The molecule has 0 saturated heterocycles. The Morgan fingerprint density at radius 2 is 1.78 bits per heavy atom. The molecule has 0 fully saturated rings. The highest BCUT2D eigenvalue weighted by molar-refractivity contribution is 14.0. The molecule has 0 aliphatic carbocycles. The molecule has 0 aromatic heterocycles. The summed E-state index contributed by atoms with van der Waals surface area (Å²) in [7, 11) is 0.906. The maximum Gasteiger partial charge on any atom is 0.191 e. The van der Waals surface area contributed by atoms with Gasteiger partial charge in [-0.2, -0.15) is 0 Å². The van der Waals surface area contributed by atoms with Crippen molar-refractivity contribution in [2.24, 2.45) is 4.99 Å². The Labute approximate surface area is 160 Å². The molecule has 0 aliphatic rings. The van der Waals surface area contributed by atoms with Crippen LogP contribution in [-0.4, -0.2) is 34.3 Å². The lowest BCUT2D eigenvalue weighted by molar-refractivity contribution is 0.647. The molecular weight excluding hydrogens is 421 g/mol. The normalized spacial score (nSPS) is 13.2. The van der Waals surface area contributed by atoms with Crippen LogP contribution in [0, 0.1) is 0 Å². The van der Waals surface area contributed by atoms with Gasteiger partial charge < -0.3 is 10.6 Å². The van der Waals surface area contributed by atoms with E-state index in [2.05, 4.69) is 46.8 Å². The molecule has 0 amide bonds. The van der Waals surface area contributed by atoms with E-state index in [4.69, 9.17) is 0 Å². The zero-order valence-corrected chi connectivity index (χ0v) is 18.0. The van der Waals surface area contributed by atoms with Crippen LogP contribution in [0.3, 0.4) is 0 Å². The van der Waals surface area contributed by atoms with Crippen LogP contribution in [-0.2, 0) is 23.8 Å². The summed E-state index contributed by atoms with van der Waals surface area (Å²) in [5, 5.41) is 6.54. The van der Waals surface area contributed by atoms with E-state index < -0.39 is 10.8 Å². The standard InChI is InChI=1S/C17H29N3OS.HI/c1-6-14-9-7-8-10-15(14)13-20-16(18-5)19-11-12-22(21)17(2,3)4;/h7-10H,6,11-13H2,1-5H3,(H2,18,19,20);1H. The molecule has 2 N–H and O–H groups in total. The molecule has 1 unspecified atom stereocenters. The van der Waals surface area contributed by atoms with Gasteiger partial charge in [0, 0.05) is 41.4 Å². The lowest BCUT2D eigenvalue weighted by atomic mass is 10.1. The lowest BCUT2D eigenvalue weighted by Gasteiger charge is -2.18. The molecule has 0 heterocycles. The number of hydrogen-bond acceptors (Lipinski definition) is 2. The third-order valence-corrected chi connectivity index (χ3v) is 5.37. The molecule has 6 heteroatoms. The monoisotopic (exact) mass is 451 g/mol. The number of guanidine groups is 1. The van der Waals surface area contributed by atoms with Gasteiger partial charge in [-0.1, -0.05) is 31.2 Å². The molecule has 0 bridgehead atoms. The first kappa shape index (κ1) is 22.4. The van der Waals surface area contributed by atoms with Crippen LogP contribution in [0.1, 0.15) is 38.8 Å². The number of hydrogen-bond donors (Lipinski definition) is 2. The Hall–Kier alpha value is -0.630. The maximum absolute atomic E-state index is 12.0. The van der Waals surface area contributed by atoms with Crippen molar-refractivity contribution in [3.8, 4) is 0 Å². The predicted octanol–water partition coefficient (Wildman–Crippen LogP) is 3.08. The summed E-state index contributed by atoms with van der Waals surface area (Å²) < 4.78 is 11.8. The van der Waals surface area contributed by atoms with Crippen LogP contribution in [0.4, 0.5) is 0 Å². The molecule has 1 aromatic carbocycles. The van der Waals surface area contributed by atoms with E-state index in [0.717, 1.165) is 18.9 Å². The van der Waals surface area contributed by atoms with Crippen LogP contribution in [0.25, 0.3) is 0 Å². The zero-order chi connectivity index (χ0) is 16.6. The van der Waals surface area contributed by atoms with Crippen LogP contribution in [0.15, 0.2) is 29.3 Å². The fourth-order valence-electron chi connectivity index (χ4n) is 2.04. The van der Waals surface area contributed by atoms with Gasteiger partial charge >= 0.3 is 0 Å². The van der Waals surface area contributed by atoms with Crippen molar-refractivity contribution in [1.29, 1.82) is 0 Å². The third-order valence-electron chi connectivity index (χ3n) is 3.43. The molecule has 4 nitrogen and oxygen atoms in total. The Kier molecular flexibility index (Phi) is 10.7. The quantitative estimate of drug-likeness (QED) is 0.397. The number of halogens is 1. The first-order valence-electron chi connectivity index (χ1n) is 7.78. The Balaban J connectivity index is 0.00000484. The van der Waals surface area contributed by atoms with Gasteiger partial charge in [-0.15, -0.1) is 24.0 Å². The number of nitrogens with one attached hydrogen (secondary N) is 2. The summed E-state index contributed by atoms with van der Waals surface area (Å²) in [6.45, 7) is 9.55. The van der Waals surface area contributed by atoms with Gasteiger partial charge in [-0.3, -0.25) is 9.20 Å². The second-order valence-corrected chi connectivity index (χ2v) is 8.46. The minimum Gasteiger partial charge on any atom is -0.355 e. The van der Waals surface area contributed by atoms with E-state index in [-0.39, 0.29) is 28.7 Å². The van der Waals surface area contributed by atoms with E-state index in [1.165, 1.54) is 11.1 Å². The molecule has 1 rings (SSSR count). The molecule has 23 heavy (non-hydrogen) atoms. The number of benzene rings is 1. The average Bonchev–Trinajstić information content (AvgIpc) is 2.49. The van der Waals surface area contributed by atoms with Crippen molar-refractivity contribution in [3.05, 3.63) is 35.4 Å². The SMILES string of the molecule is CCc1ccccc1CNC(=NC)NCCS(=O)C(C)(C)C.I. The minimum atomic E-state index is -0.846. The van der Waals surface area contributed by atoms with Gasteiger partial charge in [-0.05, 0) is 38.3 Å². The van der Waals surface area contributed by atoms with E-state index in [1.807, 2.05) is 20.8 Å². The van der Waals surface area contributed by atoms with Crippen molar-refractivity contribution in [3.63, 3.8) is 0 Å². The number of aryl methyl sites for hydroxylation is 1. The first-order valence-corrected chi connectivity index (χ1v) is 9.10. The van der Waals surface area contributed by atoms with E-state index in [1.54, 1.807) is 7.05 Å². The fourth-order valence-corrected chi connectivity index (χ4v) is 2.94. The van der Waals surface area contributed by atoms with Crippen LogP contribution in [0.2, 0.25) is 0 Å². The van der Waals surface area contributed by atoms with E-state index in [0.29, 0.717) is 12.3 Å². The minimum absolute atomic E-state index is 0. The summed E-state index contributed by atoms with van der Waals surface area (Å²) >= 11 is 0. The highest BCUT2D eigenvalue weighted by atomic mass is 127. The van der Waals surface area contributed by atoms with Gasteiger partial charge in [0.1, 0.15) is 0 Å². The number of rotatable bonds is 6. The molecular formula is C17H30IN3OS. The average molecular weight is 451 g/mol. The largest absolute Gasteiger partial charge is 0.355 e. The van der Waals surface area contributed by atoms with Gasteiger partial charge in [0.05, 0.1) is 0 Å². The first-order chi connectivity index (χ1) is 10.4. The molecule has 1 aromatic rings. The summed E-state index contributed by atoms with van der Waals surface area (Å²) in [6.07, 6.45) is 1.02. The van der Waals surface area contributed by atoms with Crippen molar-refractivity contribution in [1.82, 2.24) is 10.6 Å². The molecule has 0 aliphatic heterocycles. The predicted molar refractivity (Wildman–Crippen MR) is 112 cm³/mol. The van der Waals surface area contributed by atoms with Crippen LogP contribution >= 0.6 is 24.0 Å². The summed E-state index contributed by atoms with van der Waals surface area (Å²) in [5.41, 5.74) is 2.63. The van der Waals surface area contributed by atoms with Crippen molar-refractivity contribution >= 4 is 40.7 Å². The number of aliphatic imine (C=N–C) groups is 1. The molecule has 0 spiro atoms. The zero-order valence-electron chi connectivity index (χ0n) is 14.8. The topological polar surface area (TPSA) is 53.5 Å². The highest BCUT2D eigenvalue weighted by Gasteiger charge is 2.18. The van der Waals surface area contributed by atoms with Crippen LogP contribution < -0.4 is 10.6 Å². The van der Waals surface area contributed by atoms with Gasteiger partial charge in [-0.25, -0.2) is 0 Å². The lowest BCUT2D eigenvalue weighted by Crippen LogP contribution is -2.40. The smallest absolute Gasteiger partial charge is 0.191 e. The molecule has 0 radical (unpaired) electrons. The Morgan fingerprint density at radius 1 is 1.17 bits per heavy atom. The second kappa shape index (κ2) is 11.0. The van der Waals surface area contributed by atoms with Gasteiger partial charge in [0.25, 0.3) is 0 Å². The molecule has 1 atom stereocenters. The fraction of sp³-hybridized carbons (Fsp3) is 0.588. The summed E-state index contributed by atoms with van der Waals surface area (Å²) in [6, 6.07) is 8.41. The third kappa shape index (κ3) is 8.15. The van der Waals surface area contributed by atoms with Gasteiger partial charge in [0.2, 0.25) is 0 Å². The van der Waals surface area contributed by atoms with Crippen LogP contribution in [0.5, 0.6) is 0 Å². The van der Waals surface area contributed by atoms with E-state index in [9.17, 15) is 4.21 Å². The van der Waals surface area contributed by atoms with Crippen molar-refractivity contribution < 1.29 is 4.21 Å². The van der Waals surface area contributed by atoms with E-state index >= 15 is 0 Å². The maximum atomic E-state index is 12.0. The molecule has 132 valence electrons. The summed E-state index contributed by atoms with van der Waals surface area (Å²) in [4.78, 5) is 4.21. The Bertz CT molecular complexity index is 527. The molecule has 0 saturated carbocycles. The number of nitrogens with zero attached hydrogens (tertiary/aromatic N) is 1. The highest BCUT2D eigenvalue weighted by Crippen LogP contribution is 2.10. The van der Waals surface area contributed by atoms with Crippen molar-refractivity contribution in [2.75, 3.05) is 19.3 Å². The Morgan fingerprint density at radius 3 is 2.30 bits per heavy atom. The summed E-state index contributed by atoms with van der Waals surface area (Å²) in [5.74, 6) is 1.37. The van der Waals surface area contributed by atoms with Crippen molar-refractivity contribution in [2.45, 2.75) is 45.4 Å².